The Balaban J connectivity index is -0.000000817. The Labute approximate surface area is 144 Å². The van der Waals surface area contributed by atoms with E-state index in [0.717, 1.165) is 12.8 Å². The number of hydrogen-bond donors (Lipinski definition) is 1. The Bertz CT molecular complexity index is 433. The SMILES string of the molecule is CC.CC.CCCCCCCC(=O)Nc1cccc(C(C)=O)c1.[HH]. The van der Waals surface area contributed by atoms with Gasteiger partial charge in [-0.15, -0.1) is 0 Å². The van der Waals surface area contributed by atoms with Gasteiger partial charge < -0.3 is 5.32 Å². The van der Waals surface area contributed by atoms with Gasteiger partial charge in [0.05, 0.1) is 0 Å². The first-order valence-corrected chi connectivity index (χ1v) is 9.04. The Morgan fingerprint density at radius 2 is 1.61 bits per heavy atom. The normalized spacial score (nSPS) is 8.96. The molecule has 3 nitrogen and oxygen atoms in total. The van der Waals surface area contributed by atoms with E-state index in [-0.39, 0.29) is 13.1 Å². The van der Waals surface area contributed by atoms with E-state index in [0.29, 0.717) is 17.7 Å². The van der Waals surface area contributed by atoms with E-state index in [1.165, 1.54) is 26.2 Å². The van der Waals surface area contributed by atoms with Gasteiger partial charge in [-0.3, -0.25) is 9.59 Å². The van der Waals surface area contributed by atoms with Gasteiger partial charge in [0, 0.05) is 19.1 Å². The number of amides is 1. The molecule has 1 N–H and O–H groups in total. The van der Waals surface area contributed by atoms with Crippen molar-refractivity contribution in [1.82, 2.24) is 0 Å². The summed E-state index contributed by atoms with van der Waals surface area (Å²) < 4.78 is 0. The molecule has 0 aliphatic heterocycles. The molecule has 0 saturated carbocycles. The average molecular weight is 324 g/mol. The molecular weight excluding hydrogens is 286 g/mol. The van der Waals surface area contributed by atoms with Crippen LogP contribution in [0.1, 0.15) is 91.9 Å². The van der Waals surface area contributed by atoms with Crippen LogP contribution in [0.4, 0.5) is 5.69 Å². The third kappa shape index (κ3) is 12.6. The molecule has 0 heterocycles. The molecule has 134 valence electrons. The highest BCUT2D eigenvalue weighted by atomic mass is 16.1. The maximum atomic E-state index is 11.7. The van der Waals surface area contributed by atoms with Gasteiger partial charge in [0.15, 0.2) is 5.78 Å². The molecule has 3 heteroatoms. The molecule has 0 saturated heterocycles. The second-order valence-electron chi connectivity index (χ2n) is 4.85. The molecular formula is C20H37NO2. The number of unbranched alkanes of at least 4 members (excludes halogenated alkanes) is 4. The summed E-state index contributed by atoms with van der Waals surface area (Å²) in [4.78, 5) is 23.0. The van der Waals surface area contributed by atoms with Crippen molar-refractivity contribution in [3.05, 3.63) is 29.8 Å². The summed E-state index contributed by atoms with van der Waals surface area (Å²) >= 11 is 0. The third-order valence-electron chi connectivity index (χ3n) is 3.06. The van der Waals surface area contributed by atoms with Crippen LogP contribution in [0.25, 0.3) is 0 Å². The van der Waals surface area contributed by atoms with Gasteiger partial charge in [-0.25, -0.2) is 0 Å². The number of nitrogens with one attached hydrogen (secondary N) is 1. The van der Waals surface area contributed by atoms with E-state index in [4.69, 9.17) is 0 Å². The smallest absolute Gasteiger partial charge is 0.224 e. The van der Waals surface area contributed by atoms with Crippen molar-refractivity contribution in [3.8, 4) is 0 Å². The zero-order valence-electron chi connectivity index (χ0n) is 15.9. The van der Waals surface area contributed by atoms with E-state index in [1.54, 1.807) is 24.3 Å². The molecule has 0 bridgehead atoms. The third-order valence-corrected chi connectivity index (χ3v) is 3.06. The van der Waals surface area contributed by atoms with Crippen LogP contribution >= 0.6 is 0 Å². The zero-order chi connectivity index (χ0) is 18.1. The second kappa shape index (κ2) is 16.7. The summed E-state index contributed by atoms with van der Waals surface area (Å²) in [6, 6.07) is 7.06. The fraction of sp³-hybridized carbons (Fsp3) is 0.600. The molecule has 1 aromatic rings. The van der Waals surface area contributed by atoms with Crippen LogP contribution in [0.2, 0.25) is 0 Å². The van der Waals surface area contributed by atoms with Crippen molar-refractivity contribution in [2.24, 2.45) is 0 Å². The van der Waals surface area contributed by atoms with E-state index in [9.17, 15) is 9.59 Å². The summed E-state index contributed by atoms with van der Waals surface area (Å²) in [7, 11) is 0. The van der Waals surface area contributed by atoms with E-state index in [1.807, 2.05) is 27.7 Å². The van der Waals surface area contributed by atoms with Gasteiger partial charge in [-0.2, -0.15) is 0 Å². The number of hydrogen-bond acceptors (Lipinski definition) is 2. The quantitative estimate of drug-likeness (QED) is 0.439. The van der Waals surface area contributed by atoms with Crippen molar-refractivity contribution in [2.75, 3.05) is 5.32 Å². The summed E-state index contributed by atoms with van der Waals surface area (Å²) in [5.74, 6) is 0.0351. The first-order chi connectivity index (χ1) is 11.1. The molecule has 1 aromatic carbocycles. The number of Topliss-reactive ketones (excluding diaryl/α,β-unsaturated/α-hetero) is 1. The van der Waals surface area contributed by atoms with Crippen LogP contribution in [0.3, 0.4) is 0 Å². The monoisotopic (exact) mass is 323 g/mol. The van der Waals surface area contributed by atoms with Crippen molar-refractivity contribution in [2.45, 2.75) is 80.1 Å². The molecule has 0 aliphatic carbocycles. The van der Waals surface area contributed by atoms with E-state index in [2.05, 4.69) is 12.2 Å². The number of anilines is 1. The van der Waals surface area contributed by atoms with E-state index >= 15 is 0 Å². The van der Waals surface area contributed by atoms with Gasteiger partial charge in [0.2, 0.25) is 5.91 Å². The number of ketones is 1. The van der Waals surface area contributed by atoms with Crippen LogP contribution in [0.5, 0.6) is 0 Å². The molecule has 1 rings (SSSR count). The lowest BCUT2D eigenvalue weighted by Crippen LogP contribution is -2.11. The van der Waals surface area contributed by atoms with Gasteiger partial charge >= 0.3 is 0 Å². The summed E-state index contributed by atoms with van der Waals surface area (Å²) in [5, 5.41) is 2.84. The van der Waals surface area contributed by atoms with Crippen molar-refractivity contribution in [3.63, 3.8) is 0 Å². The Hall–Kier alpha value is -1.64. The molecule has 0 spiro atoms. The van der Waals surface area contributed by atoms with Crippen LogP contribution < -0.4 is 5.32 Å². The topological polar surface area (TPSA) is 46.2 Å². The van der Waals surface area contributed by atoms with Crippen LogP contribution in [0, 0.1) is 0 Å². The Morgan fingerprint density at radius 1 is 1.00 bits per heavy atom. The van der Waals surface area contributed by atoms with Crippen LogP contribution in [0.15, 0.2) is 24.3 Å². The van der Waals surface area contributed by atoms with Crippen molar-refractivity contribution < 1.29 is 11.0 Å². The first kappa shape index (κ1) is 23.6. The average Bonchev–Trinajstić information content (AvgIpc) is 2.58. The molecule has 0 aromatic heterocycles. The van der Waals surface area contributed by atoms with E-state index < -0.39 is 0 Å². The molecule has 0 atom stereocenters. The van der Waals surface area contributed by atoms with Crippen LogP contribution in [-0.4, -0.2) is 11.7 Å². The second-order valence-corrected chi connectivity index (χ2v) is 4.85. The standard InChI is InChI=1S/C16H23NO2.2C2H6.H2/c1-3-4-5-6-7-11-16(19)17-15-10-8-9-14(12-15)13(2)18;2*1-2;/h8-10,12H,3-7,11H2,1-2H3,(H,17,19);2*1-2H3;1H. The summed E-state index contributed by atoms with van der Waals surface area (Å²) in [6.07, 6.45) is 6.23. The van der Waals surface area contributed by atoms with Crippen LogP contribution in [-0.2, 0) is 4.79 Å². The molecule has 23 heavy (non-hydrogen) atoms. The minimum absolute atomic E-state index is 0. The lowest BCUT2D eigenvalue weighted by Gasteiger charge is -2.06. The number of carbonyl (C=O) groups is 2. The highest BCUT2D eigenvalue weighted by Gasteiger charge is 2.04. The fourth-order valence-corrected chi connectivity index (χ4v) is 1.93. The molecule has 1 amide bonds. The van der Waals surface area contributed by atoms with Gasteiger partial charge in [0.25, 0.3) is 0 Å². The highest BCUT2D eigenvalue weighted by Crippen LogP contribution is 2.12. The minimum Gasteiger partial charge on any atom is -0.326 e. The predicted molar refractivity (Wildman–Crippen MR) is 103 cm³/mol. The number of rotatable bonds is 8. The number of carbonyl (C=O) groups excluding carboxylic acids is 2. The maximum absolute atomic E-state index is 11.7. The number of benzene rings is 1. The highest BCUT2D eigenvalue weighted by molar-refractivity contribution is 5.97. The lowest BCUT2D eigenvalue weighted by molar-refractivity contribution is -0.116. The molecule has 0 aliphatic rings. The first-order valence-electron chi connectivity index (χ1n) is 9.04. The van der Waals surface area contributed by atoms with Crippen molar-refractivity contribution >= 4 is 17.4 Å². The molecule has 0 unspecified atom stereocenters. The summed E-state index contributed by atoms with van der Waals surface area (Å²) in [6.45, 7) is 11.7. The maximum Gasteiger partial charge on any atom is 0.224 e. The molecule has 0 radical (unpaired) electrons. The van der Waals surface area contributed by atoms with Gasteiger partial charge in [0.1, 0.15) is 0 Å². The predicted octanol–water partition coefficient (Wildman–Crippen LogP) is 6.49. The molecule has 0 fully saturated rings. The minimum atomic E-state index is 0. The van der Waals surface area contributed by atoms with Gasteiger partial charge in [-0.05, 0) is 25.5 Å². The lowest BCUT2D eigenvalue weighted by atomic mass is 10.1. The zero-order valence-corrected chi connectivity index (χ0v) is 15.9. The van der Waals surface area contributed by atoms with Crippen molar-refractivity contribution in [1.29, 1.82) is 0 Å². The largest absolute Gasteiger partial charge is 0.326 e. The van der Waals surface area contributed by atoms with Gasteiger partial charge in [-0.1, -0.05) is 72.4 Å². The summed E-state index contributed by atoms with van der Waals surface area (Å²) in [5.41, 5.74) is 1.33. The Kier molecular flexibility index (Phi) is 17.2. The Morgan fingerprint density at radius 3 is 2.17 bits per heavy atom. The fourth-order valence-electron chi connectivity index (χ4n) is 1.93.